The minimum Gasteiger partial charge on any atom is -0.332 e. The Bertz CT molecular complexity index is 935. The predicted octanol–water partition coefficient (Wildman–Crippen LogP) is 3.26. The Morgan fingerprint density at radius 1 is 1.15 bits per heavy atom. The highest BCUT2D eigenvalue weighted by Crippen LogP contribution is 2.34. The molecular weight excluding hydrogens is 326 g/mol. The van der Waals surface area contributed by atoms with E-state index in [1.165, 1.54) is 23.0 Å². The molecule has 4 rings (SSSR count). The largest absolute Gasteiger partial charge is 0.332 e. The van der Waals surface area contributed by atoms with Crippen LogP contribution in [-0.2, 0) is 0 Å². The summed E-state index contributed by atoms with van der Waals surface area (Å²) in [5.74, 6) is 0.629. The Hall–Kier alpha value is -3.02. The van der Waals surface area contributed by atoms with Crippen LogP contribution >= 0.6 is 0 Å². The fraction of sp³-hybridized carbons (Fsp3) is 0.300. The van der Waals surface area contributed by atoms with Gasteiger partial charge in [-0.3, -0.25) is 4.79 Å². The second-order valence-electron chi connectivity index (χ2n) is 6.74. The van der Waals surface area contributed by atoms with Crippen molar-refractivity contribution in [2.45, 2.75) is 32.7 Å². The molecule has 1 atom stereocenters. The monoisotopic (exact) mass is 347 g/mol. The Morgan fingerprint density at radius 3 is 2.81 bits per heavy atom. The van der Waals surface area contributed by atoms with Crippen LogP contribution in [0, 0.1) is 13.8 Å². The van der Waals surface area contributed by atoms with Gasteiger partial charge in [-0.15, -0.1) is 0 Å². The molecule has 1 saturated heterocycles. The van der Waals surface area contributed by atoms with Gasteiger partial charge < -0.3 is 4.90 Å². The molecule has 6 heteroatoms. The van der Waals surface area contributed by atoms with E-state index in [1.807, 2.05) is 4.90 Å². The lowest BCUT2D eigenvalue weighted by atomic mass is 9.99. The van der Waals surface area contributed by atoms with Gasteiger partial charge in [-0.25, -0.2) is 14.6 Å². The molecule has 26 heavy (non-hydrogen) atoms. The minimum atomic E-state index is 0.0366. The highest BCUT2D eigenvalue weighted by atomic mass is 16.2. The number of aryl methyl sites for hydroxylation is 2. The summed E-state index contributed by atoms with van der Waals surface area (Å²) in [5.41, 5.74) is 4.38. The fourth-order valence-corrected chi connectivity index (χ4v) is 3.50. The molecule has 0 N–H and O–H groups in total. The predicted molar refractivity (Wildman–Crippen MR) is 98.1 cm³/mol. The quantitative estimate of drug-likeness (QED) is 0.729. The zero-order valence-electron chi connectivity index (χ0n) is 15.0. The molecule has 2 aromatic heterocycles. The number of aromatic nitrogens is 4. The Kier molecular flexibility index (Phi) is 4.24. The van der Waals surface area contributed by atoms with E-state index >= 15 is 0 Å². The summed E-state index contributed by atoms with van der Waals surface area (Å²) in [6, 6.07) is 10.2. The smallest absolute Gasteiger partial charge is 0.254 e. The molecule has 1 unspecified atom stereocenters. The molecule has 0 saturated carbocycles. The number of rotatable bonds is 3. The second kappa shape index (κ2) is 6.71. The van der Waals surface area contributed by atoms with E-state index in [4.69, 9.17) is 0 Å². The van der Waals surface area contributed by atoms with Gasteiger partial charge in [-0.2, -0.15) is 5.10 Å². The number of carbonyl (C=O) groups is 1. The SMILES string of the molecule is Cc1ccc(C2CCCN2C(=O)c2ccnc(-n3cncn3)c2)cc1C. The highest BCUT2D eigenvalue weighted by Gasteiger charge is 2.31. The molecule has 0 radical (unpaired) electrons. The summed E-state index contributed by atoms with van der Waals surface area (Å²) in [6.07, 6.45) is 6.68. The van der Waals surface area contributed by atoms with E-state index in [1.54, 1.807) is 29.3 Å². The van der Waals surface area contributed by atoms with Gasteiger partial charge in [0, 0.05) is 18.3 Å². The second-order valence-corrected chi connectivity index (χ2v) is 6.74. The Labute approximate surface area is 152 Å². The number of benzene rings is 1. The molecule has 1 aliphatic rings. The average Bonchev–Trinajstić information content (AvgIpc) is 3.35. The molecule has 0 aliphatic carbocycles. The fourth-order valence-electron chi connectivity index (χ4n) is 3.50. The number of carbonyl (C=O) groups excluding carboxylic acids is 1. The molecule has 1 aromatic carbocycles. The van der Waals surface area contributed by atoms with Crippen LogP contribution in [0.15, 0.2) is 49.2 Å². The number of likely N-dealkylation sites (tertiary alicyclic amines) is 1. The lowest BCUT2D eigenvalue weighted by Crippen LogP contribution is -2.30. The van der Waals surface area contributed by atoms with Crippen molar-refractivity contribution < 1.29 is 4.79 Å². The van der Waals surface area contributed by atoms with E-state index in [0.29, 0.717) is 11.4 Å². The van der Waals surface area contributed by atoms with Crippen LogP contribution in [0.2, 0.25) is 0 Å². The van der Waals surface area contributed by atoms with Crippen molar-refractivity contribution in [3.63, 3.8) is 0 Å². The van der Waals surface area contributed by atoms with Gasteiger partial charge in [0.2, 0.25) is 0 Å². The third-order valence-electron chi connectivity index (χ3n) is 5.08. The summed E-state index contributed by atoms with van der Waals surface area (Å²) >= 11 is 0. The Morgan fingerprint density at radius 2 is 2.04 bits per heavy atom. The maximum atomic E-state index is 13.2. The van der Waals surface area contributed by atoms with E-state index in [-0.39, 0.29) is 11.9 Å². The van der Waals surface area contributed by atoms with Gasteiger partial charge in [0.05, 0.1) is 6.04 Å². The lowest BCUT2D eigenvalue weighted by molar-refractivity contribution is 0.0735. The first-order valence-corrected chi connectivity index (χ1v) is 8.82. The summed E-state index contributed by atoms with van der Waals surface area (Å²) in [6.45, 7) is 5.00. The first-order chi connectivity index (χ1) is 12.6. The average molecular weight is 347 g/mol. The molecule has 3 aromatic rings. The van der Waals surface area contributed by atoms with Crippen LogP contribution in [0.1, 0.15) is 45.9 Å². The standard InChI is InChI=1S/C20H21N5O/c1-14-5-6-16(10-15(14)2)18-4-3-9-24(18)20(26)17-7-8-22-19(11-17)25-13-21-12-23-25/h5-8,10-13,18H,3-4,9H2,1-2H3. The maximum absolute atomic E-state index is 13.2. The molecule has 6 nitrogen and oxygen atoms in total. The number of pyridine rings is 1. The summed E-state index contributed by atoms with van der Waals surface area (Å²) in [4.78, 5) is 23.3. The van der Waals surface area contributed by atoms with Crippen LogP contribution in [0.3, 0.4) is 0 Å². The van der Waals surface area contributed by atoms with Gasteiger partial charge in [-0.05, 0) is 55.5 Å². The van der Waals surface area contributed by atoms with Gasteiger partial charge in [0.15, 0.2) is 5.82 Å². The third kappa shape index (κ3) is 2.98. The van der Waals surface area contributed by atoms with Gasteiger partial charge in [0.1, 0.15) is 12.7 Å². The van der Waals surface area contributed by atoms with Crippen molar-refractivity contribution in [2.24, 2.45) is 0 Å². The molecule has 0 spiro atoms. The molecule has 1 aliphatic heterocycles. The maximum Gasteiger partial charge on any atom is 0.254 e. The van der Waals surface area contributed by atoms with Gasteiger partial charge in [0.25, 0.3) is 5.91 Å². The van der Waals surface area contributed by atoms with Crippen molar-refractivity contribution in [1.82, 2.24) is 24.6 Å². The van der Waals surface area contributed by atoms with Crippen LogP contribution in [-0.4, -0.2) is 37.1 Å². The van der Waals surface area contributed by atoms with Crippen molar-refractivity contribution in [2.75, 3.05) is 6.54 Å². The number of hydrogen-bond acceptors (Lipinski definition) is 4. The molecule has 0 bridgehead atoms. The molecule has 132 valence electrons. The minimum absolute atomic E-state index is 0.0366. The van der Waals surface area contributed by atoms with E-state index in [9.17, 15) is 4.79 Å². The van der Waals surface area contributed by atoms with Crippen molar-refractivity contribution in [3.05, 3.63) is 71.4 Å². The van der Waals surface area contributed by atoms with E-state index < -0.39 is 0 Å². The van der Waals surface area contributed by atoms with Crippen LogP contribution in [0.25, 0.3) is 5.82 Å². The molecule has 3 heterocycles. The van der Waals surface area contributed by atoms with Crippen LogP contribution < -0.4 is 0 Å². The van der Waals surface area contributed by atoms with Gasteiger partial charge >= 0.3 is 0 Å². The topological polar surface area (TPSA) is 63.9 Å². The van der Waals surface area contributed by atoms with Crippen molar-refractivity contribution in [1.29, 1.82) is 0 Å². The normalized spacial score (nSPS) is 16.8. The van der Waals surface area contributed by atoms with Gasteiger partial charge in [-0.1, -0.05) is 18.2 Å². The zero-order chi connectivity index (χ0) is 18.1. The number of nitrogens with zero attached hydrogens (tertiary/aromatic N) is 5. The molecule has 1 fully saturated rings. The summed E-state index contributed by atoms with van der Waals surface area (Å²) < 4.78 is 1.56. The first-order valence-electron chi connectivity index (χ1n) is 8.82. The highest BCUT2D eigenvalue weighted by molar-refractivity contribution is 5.95. The molecule has 1 amide bonds. The first kappa shape index (κ1) is 16.4. The van der Waals surface area contributed by atoms with Crippen LogP contribution in [0.5, 0.6) is 0 Å². The summed E-state index contributed by atoms with van der Waals surface area (Å²) in [7, 11) is 0. The molecular formula is C20H21N5O. The van der Waals surface area contributed by atoms with E-state index in [0.717, 1.165) is 19.4 Å². The lowest BCUT2D eigenvalue weighted by Gasteiger charge is -2.26. The van der Waals surface area contributed by atoms with Crippen molar-refractivity contribution in [3.8, 4) is 5.82 Å². The zero-order valence-corrected chi connectivity index (χ0v) is 15.0. The van der Waals surface area contributed by atoms with Crippen molar-refractivity contribution >= 4 is 5.91 Å². The Balaban J connectivity index is 1.63. The number of amides is 1. The van der Waals surface area contributed by atoms with Crippen LogP contribution in [0.4, 0.5) is 0 Å². The van der Waals surface area contributed by atoms with E-state index in [2.05, 4.69) is 47.1 Å². The summed E-state index contributed by atoms with van der Waals surface area (Å²) in [5, 5.41) is 4.08. The number of hydrogen-bond donors (Lipinski definition) is 0. The third-order valence-corrected chi connectivity index (χ3v) is 5.08.